The van der Waals surface area contributed by atoms with Gasteiger partial charge in [0.25, 0.3) is 5.91 Å². The second-order valence-electron chi connectivity index (χ2n) is 4.72. The monoisotopic (exact) mass is 267 g/mol. The summed E-state index contributed by atoms with van der Waals surface area (Å²) in [6.07, 6.45) is 1.47. The van der Waals surface area contributed by atoms with Crippen LogP contribution in [0, 0.1) is 0 Å². The molecule has 1 amide bonds. The number of carbonyl (C=O) groups excluding carboxylic acids is 1. The molecule has 19 heavy (non-hydrogen) atoms. The third-order valence-electron chi connectivity index (χ3n) is 3.30. The van der Waals surface area contributed by atoms with Crippen molar-refractivity contribution in [2.45, 2.75) is 31.9 Å². The number of aliphatic carboxylic acids is 1. The highest BCUT2D eigenvalue weighted by atomic mass is 16.4. The third-order valence-corrected chi connectivity index (χ3v) is 3.30. The lowest BCUT2D eigenvalue weighted by Crippen LogP contribution is -2.40. The number of aliphatic hydroxyl groups is 1. The maximum atomic E-state index is 12.4. The zero-order valence-electron chi connectivity index (χ0n) is 10.9. The minimum atomic E-state index is -1.09. The van der Waals surface area contributed by atoms with Gasteiger partial charge in [0.1, 0.15) is 6.04 Å². The Bertz CT molecular complexity index is 511. The first kappa shape index (κ1) is 13.5. The van der Waals surface area contributed by atoms with E-state index in [0.717, 1.165) is 0 Å². The number of amides is 1. The lowest BCUT2D eigenvalue weighted by atomic mass is 10.1. The zero-order valence-corrected chi connectivity index (χ0v) is 10.9. The molecular weight excluding hydrogens is 250 g/mol. The topological polar surface area (TPSA) is 95.7 Å². The van der Waals surface area contributed by atoms with Gasteiger partial charge in [0.15, 0.2) is 0 Å². The van der Waals surface area contributed by atoms with E-state index in [-0.39, 0.29) is 18.9 Å². The van der Waals surface area contributed by atoms with Crippen molar-refractivity contribution in [1.82, 2.24) is 14.7 Å². The molecule has 104 valence electrons. The van der Waals surface area contributed by atoms with Crippen LogP contribution in [0.2, 0.25) is 0 Å². The summed E-state index contributed by atoms with van der Waals surface area (Å²) in [7, 11) is 1.71. The molecule has 2 atom stereocenters. The van der Waals surface area contributed by atoms with E-state index in [1.165, 1.54) is 9.58 Å². The van der Waals surface area contributed by atoms with Gasteiger partial charge in [-0.2, -0.15) is 5.10 Å². The predicted molar refractivity (Wildman–Crippen MR) is 65.7 cm³/mol. The molecular formula is C12H17N3O4. The normalized spacial score (nSPS) is 22.8. The standard InChI is InChI=1S/C12H17N3O4/c1-3-9-8(6-14(2)13-9)11(17)15-5-7(16)4-10(15)12(18)19/h6-7,10,16H,3-5H2,1-2H3,(H,18,19)/t7-,10+/m1/s1. The van der Waals surface area contributed by atoms with Crippen molar-refractivity contribution >= 4 is 11.9 Å². The molecule has 0 radical (unpaired) electrons. The molecule has 0 spiro atoms. The minimum absolute atomic E-state index is 0.0495. The quantitative estimate of drug-likeness (QED) is 0.780. The lowest BCUT2D eigenvalue weighted by Gasteiger charge is -2.20. The molecule has 1 saturated heterocycles. The number of likely N-dealkylation sites (tertiary alicyclic amines) is 1. The van der Waals surface area contributed by atoms with Crippen LogP contribution >= 0.6 is 0 Å². The maximum Gasteiger partial charge on any atom is 0.326 e. The summed E-state index contributed by atoms with van der Waals surface area (Å²) in [4.78, 5) is 24.7. The molecule has 0 aliphatic carbocycles. The van der Waals surface area contributed by atoms with Crippen LogP contribution in [0.15, 0.2) is 6.20 Å². The van der Waals surface area contributed by atoms with Crippen LogP contribution in [0.5, 0.6) is 0 Å². The SMILES string of the molecule is CCc1nn(C)cc1C(=O)N1C[C@H](O)C[C@H]1C(=O)O. The summed E-state index contributed by atoms with van der Waals surface area (Å²) in [6.45, 7) is 1.93. The number of rotatable bonds is 3. The highest BCUT2D eigenvalue weighted by Crippen LogP contribution is 2.22. The number of aryl methyl sites for hydroxylation is 2. The first-order valence-corrected chi connectivity index (χ1v) is 6.18. The Morgan fingerprint density at radius 3 is 2.79 bits per heavy atom. The predicted octanol–water partition coefficient (Wildman–Crippen LogP) is -0.357. The van der Waals surface area contributed by atoms with Crippen molar-refractivity contribution < 1.29 is 19.8 Å². The molecule has 1 aliphatic heterocycles. The van der Waals surface area contributed by atoms with Gasteiger partial charge < -0.3 is 15.1 Å². The van der Waals surface area contributed by atoms with E-state index in [1.807, 2.05) is 6.92 Å². The molecule has 1 fully saturated rings. The van der Waals surface area contributed by atoms with Gasteiger partial charge in [-0.25, -0.2) is 4.79 Å². The third kappa shape index (κ3) is 2.46. The van der Waals surface area contributed by atoms with Crippen molar-refractivity contribution in [1.29, 1.82) is 0 Å². The Morgan fingerprint density at radius 2 is 2.21 bits per heavy atom. The summed E-state index contributed by atoms with van der Waals surface area (Å²) >= 11 is 0. The Morgan fingerprint density at radius 1 is 1.53 bits per heavy atom. The van der Waals surface area contributed by atoms with Crippen LogP contribution in [-0.2, 0) is 18.3 Å². The van der Waals surface area contributed by atoms with E-state index in [2.05, 4.69) is 5.10 Å². The van der Waals surface area contributed by atoms with Gasteiger partial charge in [-0.05, 0) is 6.42 Å². The van der Waals surface area contributed by atoms with Gasteiger partial charge in [-0.3, -0.25) is 9.48 Å². The van der Waals surface area contributed by atoms with Gasteiger partial charge in [-0.15, -0.1) is 0 Å². The number of aliphatic hydroxyl groups excluding tert-OH is 1. The highest BCUT2D eigenvalue weighted by molar-refractivity contribution is 5.97. The van der Waals surface area contributed by atoms with E-state index >= 15 is 0 Å². The average Bonchev–Trinajstić information content (AvgIpc) is 2.91. The number of hydrogen-bond donors (Lipinski definition) is 2. The first-order valence-electron chi connectivity index (χ1n) is 6.18. The number of carboxylic acids is 1. The molecule has 7 heteroatoms. The minimum Gasteiger partial charge on any atom is -0.480 e. The molecule has 1 aromatic heterocycles. The molecule has 0 bridgehead atoms. The summed E-state index contributed by atoms with van der Waals surface area (Å²) in [6, 6.07) is -0.965. The van der Waals surface area contributed by atoms with Crippen molar-refractivity contribution in [3.63, 3.8) is 0 Å². The zero-order chi connectivity index (χ0) is 14.2. The molecule has 0 saturated carbocycles. The van der Waals surface area contributed by atoms with E-state index < -0.39 is 18.1 Å². The van der Waals surface area contributed by atoms with Gasteiger partial charge >= 0.3 is 5.97 Å². The van der Waals surface area contributed by atoms with E-state index in [1.54, 1.807) is 13.2 Å². The van der Waals surface area contributed by atoms with Gasteiger partial charge in [0.05, 0.1) is 17.4 Å². The van der Waals surface area contributed by atoms with E-state index in [4.69, 9.17) is 5.11 Å². The number of β-amino-alcohol motifs (C(OH)–C–C–N with tert-alkyl or cyclic N) is 1. The number of carbonyl (C=O) groups is 2. The molecule has 1 aliphatic rings. The van der Waals surface area contributed by atoms with Crippen LogP contribution in [-0.4, -0.2) is 55.5 Å². The largest absolute Gasteiger partial charge is 0.480 e. The van der Waals surface area contributed by atoms with Crippen LogP contribution < -0.4 is 0 Å². The molecule has 7 nitrogen and oxygen atoms in total. The molecule has 0 unspecified atom stereocenters. The Hall–Kier alpha value is -1.89. The maximum absolute atomic E-state index is 12.4. The fourth-order valence-corrected chi connectivity index (χ4v) is 2.40. The second kappa shape index (κ2) is 5.00. The highest BCUT2D eigenvalue weighted by Gasteiger charge is 2.40. The fraction of sp³-hybridized carbons (Fsp3) is 0.583. The van der Waals surface area contributed by atoms with E-state index in [0.29, 0.717) is 17.7 Å². The van der Waals surface area contributed by atoms with Crippen molar-refractivity contribution in [2.24, 2.45) is 7.05 Å². The molecule has 1 aromatic rings. The van der Waals surface area contributed by atoms with Gasteiger partial charge in [0, 0.05) is 26.2 Å². The summed E-state index contributed by atoms with van der Waals surface area (Å²) in [5.74, 6) is -1.47. The van der Waals surface area contributed by atoms with Crippen molar-refractivity contribution in [3.8, 4) is 0 Å². The molecule has 2 N–H and O–H groups in total. The summed E-state index contributed by atoms with van der Waals surface area (Å²) in [5.41, 5.74) is 1.04. The Labute approximate surface area is 110 Å². The van der Waals surface area contributed by atoms with Gasteiger partial charge in [-0.1, -0.05) is 6.92 Å². The van der Waals surface area contributed by atoms with E-state index in [9.17, 15) is 14.7 Å². The van der Waals surface area contributed by atoms with Crippen LogP contribution in [0.1, 0.15) is 29.4 Å². The smallest absolute Gasteiger partial charge is 0.326 e. The second-order valence-corrected chi connectivity index (χ2v) is 4.72. The van der Waals surface area contributed by atoms with Crippen LogP contribution in [0.3, 0.4) is 0 Å². The fourth-order valence-electron chi connectivity index (χ4n) is 2.40. The average molecular weight is 267 g/mol. The molecule has 0 aromatic carbocycles. The van der Waals surface area contributed by atoms with Crippen LogP contribution in [0.4, 0.5) is 0 Å². The number of aromatic nitrogens is 2. The summed E-state index contributed by atoms with van der Waals surface area (Å²) < 4.78 is 1.54. The van der Waals surface area contributed by atoms with Crippen molar-refractivity contribution in [3.05, 3.63) is 17.5 Å². The van der Waals surface area contributed by atoms with Gasteiger partial charge in [0.2, 0.25) is 0 Å². The lowest BCUT2D eigenvalue weighted by molar-refractivity contribution is -0.141. The van der Waals surface area contributed by atoms with Crippen LogP contribution in [0.25, 0.3) is 0 Å². The first-order chi connectivity index (χ1) is 8.93. The van der Waals surface area contributed by atoms with Crippen molar-refractivity contribution in [2.75, 3.05) is 6.54 Å². The summed E-state index contributed by atoms with van der Waals surface area (Å²) in [5, 5.41) is 22.8. The molecule has 2 heterocycles. The number of carboxylic acid groups (broad SMARTS) is 1. The number of nitrogens with zero attached hydrogens (tertiary/aromatic N) is 3. The number of hydrogen-bond acceptors (Lipinski definition) is 4. The Kier molecular flexibility index (Phi) is 3.57. The molecule has 2 rings (SSSR count). The Balaban J connectivity index is 2.30.